The molecule has 3 aromatic carbocycles. The van der Waals surface area contributed by atoms with E-state index in [2.05, 4.69) is 26.0 Å². The Bertz CT molecular complexity index is 1230. The summed E-state index contributed by atoms with van der Waals surface area (Å²) >= 11 is 9.30. The predicted molar refractivity (Wildman–Crippen MR) is 125 cm³/mol. The van der Waals surface area contributed by atoms with Gasteiger partial charge in [0, 0.05) is 10.5 Å². The molecule has 0 aromatic heterocycles. The first-order chi connectivity index (χ1) is 15.2. The zero-order chi connectivity index (χ0) is 23.3. The molecule has 0 bridgehead atoms. The topological polar surface area (TPSA) is 84.5 Å². The zero-order valence-electron chi connectivity index (χ0n) is 16.8. The number of halogens is 3. The third kappa shape index (κ3) is 6.29. The molecule has 0 aliphatic rings. The summed E-state index contributed by atoms with van der Waals surface area (Å²) in [6, 6.07) is 16.8. The lowest BCUT2D eigenvalue weighted by molar-refractivity contribution is -0.118. The Morgan fingerprint density at radius 3 is 2.50 bits per heavy atom. The van der Waals surface area contributed by atoms with E-state index < -0.39 is 34.4 Å². The molecule has 0 unspecified atom stereocenters. The van der Waals surface area contributed by atoms with Crippen LogP contribution >= 0.6 is 27.5 Å². The molecule has 0 saturated carbocycles. The molecule has 10 heteroatoms. The molecule has 0 aliphatic carbocycles. The maximum atomic E-state index is 13.8. The smallest absolute Gasteiger partial charge is 0.262 e. The quantitative estimate of drug-likeness (QED) is 0.405. The van der Waals surface area contributed by atoms with Crippen LogP contribution in [0.4, 0.5) is 10.1 Å². The lowest BCUT2D eigenvalue weighted by atomic mass is 10.1. The van der Waals surface area contributed by atoms with Crippen molar-refractivity contribution in [3.63, 3.8) is 0 Å². The largest absolute Gasteiger partial charge is 0.482 e. The van der Waals surface area contributed by atoms with Gasteiger partial charge in [0.25, 0.3) is 5.91 Å². The molecule has 0 heterocycles. The van der Waals surface area contributed by atoms with Crippen LogP contribution in [0.2, 0.25) is 5.02 Å². The number of rotatable bonds is 8. The van der Waals surface area contributed by atoms with E-state index in [9.17, 15) is 17.6 Å². The van der Waals surface area contributed by atoms with Crippen LogP contribution < -0.4 is 14.8 Å². The van der Waals surface area contributed by atoms with E-state index in [4.69, 9.17) is 16.3 Å². The molecule has 168 valence electrons. The highest BCUT2D eigenvalue weighted by atomic mass is 79.9. The molecule has 2 N–H and O–H groups in total. The standard InChI is InChI=1S/C22H19BrClFN2O4S/c1-14(15-5-3-2-4-6-15)27-32(29,30)17-8-10-21(18(24)12-17)31-13-22(28)26-20-9-7-16(23)11-19(20)25/h2-12,14,27H,13H2,1H3,(H,26,28)/t14-/m0/s1. The van der Waals surface area contributed by atoms with Crippen LogP contribution in [0.1, 0.15) is 18.5 Å². The van der Waals surface area contributed by atoms with E-state index in [-0.39, 0.29) is 21.4 Å². The van der Waals surface area contributed by atoms with E-state index >= 15 is 0 Å². The first-order valence-corrected chi connectivity index (χ1v) is 12.1. The molecule has 3 rings (SSSR count). The fourth-order valence-corrected chi connectivity index (χ4v) is 4.69. The van der Waals surface area contributed by atoms with E-state index in [1.54, 1.807) is 13.0 Å². The van der Waals surface area contributed by atoms with Gasteiger partial charge in [0.2, 0.25) is 10.0 Å². The Balaban J connectivity index is 1.63. The second-order valence-electron chi connectivity index (χ2n) is 6.81. The average Bonchev–Trinajstić information content (AvgIpc) is 2.75. The Labute approximate surface area is 198 Å². The van der Waals surface area contributed by atoms with Gasteiger partial charge in [-0.3, -0.25) is 4.79 Å². The van der Waals surface area contributed by atoms with Crippen molar-refractivity contribution in [1.82, 2.24) is 4.72 Å². The highest BCUT2D eigenvalue weighted by molar-refractivity contribution is 9.10. The first-order valence-electron chi connectivity index (χ1n) is 9.40. The molecule has 0 radical (unpaired) electrons. The van der Waals surface area contributed by atoms with Crippen molar-refractivity contribution in [2.24, 2.45) is 0 Å². The number of sulfonamides is 1. The maximum absolute atomic E-state index is 13.8. The van der Waals surface area contributed by atoms with E-state index in [1.165, 1.54) is 30.3 Å². The lowest BCUT2D eigenvalue weighted by Gasteiger charge is -2.15. The number of amides is 1. The van der Waals surface area contributed by atoms with Crippen molar-refractivity contribution in [3.8, 4) is 5.75 Å². The van der Waals surface area contributed by atoms with Crippen LogP contribution in [0.15, 0.2) is 76.1 Å². The summed E-state index contributed by atoms with van der Waals surface area (Å²) in [5.74, 6) is -1.08. The first kappa shape index (κ1) is 24.2. The van der Waals surface area contributed by atoms with Crippen molar-refractivity contribution >= 4 is 49.1 Å². The van der Waals surface area contributed by atoms with Crippen molar-refractivity contribution in [3.05, 3.63) is 87.6 Å². The minimum absolute atomic E-state index is 0.00736. The van der Waals surface area contributed by atoms with Gasteiger partial charge in [-0.25, -0.2) is 17.5 Å². The monoisotopic (exact) mass is 540 g/mol. The van der Waals surface area contributed by atoms with Crippen molar-refractivity contribution in [2.75, 3.05) is 11.9 Å². The molecule has 0 fully saturated rings. The fraction of sp³-hybridized carbons (Fsp3) is 0.136. The molecule has 3 aromatic rings. The summed E-state index contributed by atoms with van der Waals surface area (Å²) < 4.78 is 47.7. The van der Waals surface area contributed by atoms with Gasteiger partial charge in [0.15, 0.2) is 6.61 Å². The minimum Gasteiger partial charge on any atom is -0.482 e. The summed E-state index contributed by atoms with van der Waals surface area (Å²) in [7, 11) is -3.84. The van der Waals surface area contributed by atoms with Gasteiger partial charge in [-0.15, -0.1) is 0 Å². The second kappa shape index (κ2) is 10.4. The van der Waals surface area contributed by atoms with Gasteiger partial charge < -0.3 is 10.1 Å². The Kier molecular flexibility index (Phi) is 7.89. The Hall–Kier alpha value is -2.46. The Morgan fingerprint density at radius 2 is 1.84 bits per heavy atom. The average molecular weight is 542 g/mol. The van der Waals surface area contributed by atoms with Crippen LogP contribution in [0.5, 0.6) is 5.75 Å². The molecule has 0 spiro atoms. The fourth-order valence-electron chi connectivity index (χ4n) is 2.80. The number of hydrogen-bond donors (Lipinski definition) is 2. The summed E-state index contributed by atoms with van der Waals surface area (Å²) in [4.78, 5) is 12.0. The van der Waals surface area contributed by atoms with Crippen LogP contribution in [-0.2, 0) is 14.8 Å². The summed E-state index contributed by atoms with van der Waals surface area (Å²) in [5, 5.41) is 2.41. The third-order valence-electron chi connectivity index (χ3n) is 4.41. The molecular formula is C22H19BrClFN2O4S. The number of ether oxygens (including phenoxy) is 1. The lowest BCUT2D eigenvalue weighted by Crippen LogP contribution is -2.27. The molecular weight excluding hydrogens is 523 g/mol. The molecule has 6 nitrogen and oxygen atoms in total. The summed E-state index contributed by atoms with van der Waals surface area (Å²) in [5.41, 5.74) is 0.822. The molecule has 1 amide bonds. The SMILES string of the molecule is C[C@H](NS(=O)(=O)c1ccc(OCC(=O)Nc2ccc(Br)cc2F)c(Cl)c1)c1ccccc1. The number of carbonyl (C=O) groups excluding carboxylic acids is 1. The molecule has 1 atom stereocenters. The normalized spacial score (nSPS) is 12.2. The van der Waals surface area contributed by atoms with Crippen molar-refractivity contribution in [1.29, 1.82) is 0 Å². The predicted octanol–water partition coefficient (Wildman–Crippen LogP) is 5.30. The Morgan fingerprint density at radius 1 is 1.12 bits per heavy atom. The minimum atomic E-state index is -3.84. The van der Waals surface area contributed by atoms with Crippen LogP contribution in [0.25, 0.3) is 0 Å². The van der Waals surface area contributed by atoms with Crippen LogP contribution in [0.3, 0.4) is 0 Å². The number of carbonyl (C=O) groups is 1. The number of hydrogen-bond acceptors (Lipinski definition) is 4. The van der Waals surface area contributed by atoms with Gasteiger partial charge in [0.05, 0.1) is 15.6 Å². The van der Waals surface area contributed by atoms with Gasteiger partial charge in [-0.1, -0.05) is 57.9 Å². The third-order valence-corrected chi connectivity index (χ3v) is 6.74. The van der Waals surface area contributed by atoms with Gasteiger partial charge in [-0.05, 0) is 48.9 Å². The maximum Gasteiger partial charge on any atom is 0.262 e. The van der Waals surface area contributed by atoms with E-state index in [0.29, 0.717) is 4.47 Å². The summed E-state index contributed by atoms with van der Waals surface area (Å²) in [6.07, 6.45) is 0. The van der Waals surface area contributed by atoms with Crippen molar-refractivity contribution in [2.45, 2.75) is 17.9 Å². The number of nitrogens with one attached hydrogen (secondary N) is 2. The van der Waals surface area contributed by atoms with Gasteiger partial charge in [-0.2, -0.15) is 0 Å². The molecule has 0 saturated heterocycles. The van der Waals surface area contributed by atoms with Gasteiger partial charge in [0.1, 0.15) is 11.6 Å². The van der Waals surface area contributed by atoms with Crippen LogP contribution in [0, 0.1) is 5.82 Å². The van der Waals surface area contributed by atoms with Crippen LogP contribution in [-0.4, -0.2) is 20.9 Å². The highest BCUT2D eigenvalue weighted by Gasteiger charge is 2.20. The number of benzene rings is 3. The van der Waals surface area contributed by atoms with E-state index in [1.807, 2.05) is 30.3 Å². The zero-order valence-corrected chi connectivity index (χ0v) is 20.0. The van der Waals surface area contributed by atoms with E-state index in [0.717, 1.165) is 5.56 Å². The van der Waals surface area contributed by atoms with Crippen molar-refractivity contribution < 1.29 is 22.3 Å². The molecule has 0 aliphatic heterocycles. The highest BCUT2D eigenvalue weighted by Crippen LogP contribution is 2.28. The number of anilines is 1. The second-order valence-corrected chi connectivity index (χ2v) is 9.84. The summed E-state index contributed by atoms with van der Waals surface area (Å²) in [6.45, 7) is 1.30. The van der Waals surface area contributed by atoms with Gasteiger partial charge >= 0.3 is 0 Å². The molecule has 32 heavy (non-hydrogen) atoms.